The number of cyclic esters (lactones) is 1. The largest absolute Gasteiger partial charge is 0.464 e. The lowest BCUT2D eigenvalue weighted by Crippen LogP contribution is -2.62. The third-order valence-electron chi connectivity index (χ3n) is 13.2. The van der Waals surface area contributed by atoms with Gasteiger partial charge in [0, 0.05) is 91.8 Å². The number of benzene rings is 1. The molecule has 0 aliphatic carbocycles. The number of pyridine rings is 1. The number of aryl methyl sites for hydroxylation is 1. The van der Waals surface area contributed by atoms with Crippen LogP contribution in [0, 0.1) is 11.3 Å². The quantitative estimate of drug-likeness (QED) is 0.183. The number of nitrogens with zero attached hydrogens (tertiary/aromatic N) is 7. The first-order chi connectivity index (χ1) is 30.5. The van der Waals surface area contributed by atoms with Crippen LogP contribution in [0.3, 0.4) is 0 Å². The van der Waals surface area contributed by atoms with Crippen molar-refractivity contribution in [1.29, 1.82) is 0 Å². The van der Waals surface area contributed by atoms with E-state index >= 15 is 0 Å². The minimum absolute atomic E-state index is 0.112. The van der Waals surface area contributed by atoms with Crippen molar-refractivity contribution in [3.05, 3.63) is 58.2 Å². The number of thiazole rings is 1. The number of carbonyl (C=O) groups is 4. The van der Waals surface area contributed by atoms with Crippen molar-refractivity contribution < 1.29 is 28.7 Å². The number of methoxy groups -OCH3 is 1. The Kier molecular flexibility index (Phi) is 14.5. The van der Waals surface area contributed by atoms with Crippen molar-refractivity contribution in [1.82, 2.24) is 45.0 Å². The van der Waals surface area contributed by atoms with Crippen LogP contribution in [-0.2, 0) is 43.2 Å². The van der Waals surface area contributed by atoms with Crippen LogP contribution in [0.4, 0.5) is 4.79 Å². The Bertz CT molecular complexity index is 2340. The van der Waals surface area contributed by atoms with Crippen LogP contribution in [0.1, 0.15) is 89.6 Å². The molecule has 3 aliphatic heterocycles. The minimum Gasteiger partial charge on any atom is -0.464 e. The highest BCUT2D eigenvalue weighted by Crippen LogP contribution is 2.42. The number of nitrogens with one attached hydrogen (secondary N) is 2. The highest BCUT2D eigenvalue weighted by molar-refractivity contribution is 7.10. The van der Waals surface area contributed by atoms with Gasteiger partial charge in [-0.05, 0) is 95.8 Å². The zero-order chi connectivity index (χ0) is 46.0. The fourth-order valence-corrected chi connectivity index (χ4v) is 10.5. The van der Waals surface area contributed by atoms with Gasteiger partial charge in [-0.1, -0.05) is 33.8 Å². The normalized spacial score (nSPS) is 21.7. The fourth-order valence-electron chi connectivity index (χ4n) is 9.64. The molecule has 0 spiro atoms. The highest BCUT2D eigenvalue weighted by Gasteiger charge is 2.39. The van der Waals surface area contributed by atoms with Crippen LogP contribution in [0.25, 0.3) is 33.4 Å². The summed E-state index contributed by atoms with van der Waals surface area (Å²) in [6, 6.07) is 7.85. The SMILES string of the molecule is CCn1c(-c2cccnc2[C@H](C)OC)c2c3cc(ccc31)-c1csc(n1)C[C@H](NC(=O)[C@H](C(C)C)N(C)C(=O)N1CCC[C@H](N(C)C)C1)C(=O)N1CCC[C@H](N1)C(=O)OCC(C)(C)C2. The van der Waals surface area contributed by atoms with E-state index in [0.29, 0.717) is 50.4 Å². The monoisotopic (exact) mass is 897 g/mol. The summed E-state index contributed by atoms with van der Waals surface area (Å²) in [4.78, 5) is 72.4. The van der Waals surface area contributed by atoms with Gasteiger partial charge in [0.1, 0.15) is 18.1 Å². The third-order valence-corrected chi connectivity index (χ3v) is 14.0. The molecule has 0 unspecified atom stereocenters. The van der Waals surface area contributed by atoms with Crippen LogP contribution in [0.5, 0.6) is 0 Å². The Balaban J connectivity index is 1.27. The molecule has 1 aromatic carbocycles. The Morgan fingerprint density at radius 1 is 1.09 bits per heavy atom. The number of urea groups is 1. The van der Waals surface area contributed by atoms with E-state index in [1.54, 1.807) is 20.4 Å². The Labute approximate surface area is 381 Å². The van der Waals surface area contributed by atoms with Gasteiger partial charge in [-0.2, -0.15) is 0 Å². The number of hydrogen-bond acceptors (Lipinski definition) is 11. The zero-order valence-corrected chi connectivity index (χ0v) is 40.1. The Morgan fingerprint density at radius 3 is 2.58 bits per heavy atom. The lowest BCUT2D eigenvalue weighted by molar-refractivity contribution is -0.155. The molecule has 3 aromatic heterocycles. The van der Waals surface area contributed by atoms with Gasteiger partial charge in [-0.25, -0.2) is 15.2 Å². The van der Waals surface area contributed by atoms with Crippen LogP contribution >= 0.6 is 11.3 Å². The predicted molar refractivity (Wildman–Crippen MR) is 249 cm³/mol. The molecule has 6 bridgehead atoms. The molecule has 2 fully saturated rings. The van der Waals surface area contributed by atoms with E-state index in [0.717, 1.165) is 57.5 Å². The van der Waals surface area contributed by atoms with Gasteiger partial charge in [-0.15, -0.1) is 11.3 Å². The number of hydrogen-bond donors (Lipinski definition) is 2. The van der Waals surface area contributed by atoms with Crippen LogP contribution in [-0.4, -0.2) is 137 Å². The van der Waals surface area contributed by atoms with Gasteiger partial charge in [0.25, 0.3) is 5.91 Å². The third kappa shape index (κ3) is 9.85. The molecule has 5 atom stereocenters. The van der Waals surface area contributed by atoms with E-state index < -0.39 is 35.4 Å². The van der Waals surface area contributed by atoms with Gasteiger partial charge in [0.2, 0.25) is 5.91 Å². The van der Waals surface area contributed by atoms with Gasteiger partial charge in [0.15, 0.2) is 0 Å². The number of piperidine rings is 1. The summed E-state index contributed by atoms with van der Waals surface area (Å²) in [5.74, 6) is -1.50. The molecule has 2 N–H and O–H groups in total. The number of carbonyl (C=O) groups excluding carboxylic acids is 4. The van der Waals surface area contributed by atoms with Crippen molar-refractivity contribution in [3.8, 4) is 22.5 Å². The number of likely N-dealkylation sites (N-methyl/N-ethyl adjacent to an activating group) is 2. The highest BCUT2D eigenvalue weighted by atomic mass is 32.1. The molecule has 3 aliphatic rings. The summed E-state index contributed by atoms with van der Waals surface area (Å²) in [5.41, 5.74) is 9.41. The molecule has 16 heteroatoms. The standard InChI is InChI=1S/C48H67N9O6S/c1-11-56-39-19-18-31-23-34(39)35(43(56)33-16-12-20-49-41(33)30(4)62-10)25-48(5,6)28-63-46(60)36-17-14-22-57(52-36)45(59)37(24-40-50-38(31)27-64-40)51-44(58)42(29(2)3)54(9)47(61)55-21-13-15-32(26-55)53(7)8/h12,16,18-20,23,27,29-30,32,36-37,42,52H,11,13-15,17,21-22,24-26,28H2,1-10H3,(H,51,58)/t30-,32-,36-,37-,42-/m0/s1. The maximum Gasteiger partial charge on any atom is 0.324 e. The van der Waals surface area contributed by atoms with Gasteiger partial charge in [0.05, 0.1) is 34.8 Å². The van der Waals surface area contributed by atoms with E-state index in [4.69, 9.17) is 19.4 Å². The number of fused-ring (bicyclic) bond motifs is 6. The summed E-state index contributed by atoms with van der Waals surface area (Å²) in [6.07, 6.45) is 5.19. The molecular weight excluding hydrogens is 831 g/mol. The molecule has 2 saturated heterocycles. The van der Waals surface area contributed by atoms with Crippen molar-refractivity contribution in [2.45, 2.75) is 117 Å². The molecule has 4 amide bonds. The Hall–Kier alpha value is -4.90. The first-order valence-corrected chi connectivity index (χ1v) is 23.7. The molecule has 346 valence electrons. The molecule has 0 radical (unpaired) electrons. The molecule has 7 rings (SSSR count). The lowest BCUT2D eigenvalue weighted by atomic mass is 9.84. The van der Waals surface area contributed by atoms with Crippen molar-refractivity contribution in [2.24, 2.45) is 11.3 Å². The van der Waals surface area contributed by atoms with Crippen LogP contribution in [0.15, 0.2) is 41.9 Å². The molecule has 0 saturated carbocycles. The Morgan fingerprint density at radius 2 is 1.86 bits per heavy atom. The predicted octanol–water partition coefficient (Wildman–Crippen LogP) is 6.30. The lowest BCUT2D eigenvalue weighted by Gasteiger charge is -2.40. The second kappa shape index (κ2) is 19.7. The average molecular weight is 898 g/mol. The number of ether oxygens (including phenoxy) is 2. The first-order valence-electron chi connectivity index (χ1n) is 22.8. The number of esters is 1. The number of rotatable bonds is 9. The summed E-state index contributed by atoms with van der Waals surface area (Å²) >= 11 is 1.43. The number of likely N-dealkylation sites (tertiary alicyclic amines) is 1. The second-order valence-electron chi connectivity index (χ2n) is 19.1. The van der Waals surface area contributed by atoms with E-state index in [1.165, 1.54) is 21.2 Å². The molecule has 6 heterocycles. The van der Waals surface area contributed by atoms with Crippen molar-refractivity contribution in [2.75, 3.05) is 54.5 Å². The van der Waals surface area contributed by atoms with E-state index in [2.05, 4.69) is 65.2 Å². The van der Waals surface area contributed by atoms with Gasteiger partial charge in [-0.3, -0.25) is 24.4 Å². The maximum absolute atomic E-state index is 14.6. The van der Waals surface area contributed by atoms with Gasteiger partial charge < -0.3 is 34.1 Å². The van der Waals surface area contributed by atoms with E-state index in [1.807, 2.05) is 51.2 Å². The summed E-state index contributed by atoms with van der Waals surface area (Å²) in [5, 5.41) is 8.25. The zero-order valence-electron chi connectivity index (χ0n) is 39.3. The molecule has 64 heavy (non-hydrogen) atoms. The first kappa shape index (κ1) is 47.1. The summed E-state index contributed by atoms with van der Waals surface area (Å²) in [7, 11) is 7.41. The van der Waals surface area contributed by atoms with E-state index in [-0.39, 0.29) is 43.0 Å². The van der Waals surface area contributed by atoms with Gasteiger partial charge >= 0.3 is 12.0 Å². The van der Waals surface area contributed by atoms with Crippen molar-refractivity contribution >= 4 is 46.1 Å². The molecule has 4 aromatic rings. The average Bonchev–Trinajstić information content (AvgIpc) is 3.88. The summed E-state index contributed by atoms with van der Waals surface area (Å²) < 4.78 is 14.3. The topological polar surface area (TPSA) is 154 Å². The number of aromatic nitrogens is 3. The van der Waals surface area contributed by atoms with Crippen molar-refractivity contribution in [3.63, 3.8) is 0 Å². The minimum atomic E-state index is -1.04. The fraction of sp³-hybridized carbons (Fsp3) is 0.583. The number of hydrazine groups is 1. The summed E-state index contributed by atoms with van der Waals surface area (Å²) in [6.45, 7) is 14.6. The van der Waals surface area contributed by atoms with E-state index in [9.17, 15) is 19.2 Å². The van der Waals surface area contributed by atoms with Crippen LogP contribution < -0.4 is 10.7 Å². The smallest absolute Gasteiger partial charge is 0.324 e. The van der Waals surface area contributed by atoms with Crippen LogP contribution in [0.2, 0.25) is 0 Å². The number of amides is 4. The molecule has 15 nitrogen and oxygen atoms in total. The second-order valence-corrected chi connectivity index (χ2v) is 20.0. The maximum atomic E-state index is 14.6. The molecular formula is C48H67N9O6S.